The molecule has 0 aliphatic carbocycles. The molecule has 0 saturated heterocycles. The highest BCUT2D eigenvalue weighted by Crippen LogP contribution is 2.19. The van der Waals surface area contributed by atoms with Crippen molar-refractivity contribution in [2.75, 3.05) is 0 Å². The molecule has 1 aliphatic heterocycles. The van der Waals surface area contributed by atoms with Crippen molar-refractivity contribution in [2.45, 2.75) is 13.8 Å². The zero-order valence-corrected chi connectivity index (χ0v) is 8.90. The number of carbonyl (C=O) groups is 1. The second-order valence-corrected chi connectivity index (χ2v) is 3.20. The van der Waals surface area contributed by atoms with Crippen molar-refractivity contribution in [3.05, 3.63) is 47.3 Å². The van der Waals surface area contributed by atoms with Gasteiger partial charge in [-0.2, -0.15) is 0 Å². The number of nitrogens with zero attached hydrogens (tertiary/aromatic N) is 1. The van der Waals surface area contributed by atoms with Gasteiger partial charge in [0, 0.05) is 6.20 Å². The van der Waals surface area contributed by atoms with E-state index in [1.54, 1.807) is 18.4 Å². The Balaban J connectivity index is 3.28. The minimum Gasteiger partial charge on any atom is -0.366 e. The third kappa shape index (κ3) is 2.35. The molecule has 4 heteroatoms. The van der Waals surface area contributed by atoms with E-state index in [2.05, 4.69) is 0 Å². The number of carbonyl (C=O) groups excluding carboxylic acids is 1. The number of hydrazine groups is 1. The summed E-state index contributed by atoms with van der Waals surface area (Å²) in [5.74, 6) is 5.24. The van der Waals surface area contributed by atoms with Gasteiger partial charge in [-0.25, -0.2) is 5.84 Å². The van der Waals surface area contributed by atoms with Gasteiger partial charge in [0.15, 0.2) is 0 Å². The number of nitrogens with two attached hydrogens (primary N) is 2. The molecule has 1 rings (SSSR count). The Hall–Kier alpha value is -1.81. The van der Waals surface area contributed by atoms with E-state index in [1.807, 2.05) is 26.0 Å². The van der Waals surface area contributed by atoms with Gasteiger partial charge in [-0.05, 0) is 31.6 Å². The van der Waals surface area contributed by atoms with Crippen LogP contribution in [0.15, 0.2) is 47.3 Å². The van der Waals surface area contributed by atoms with E-state index in [4.69, 9.17) is 11.6 Å². The van der Waals surface area contributed by atoms with Crippen LogP contribution in [0.1, 0.15) is 13.8 Å². The Morgan fingerprint density at radius 2 is 2.13 bits per heavy atom. The summed E-state index contributed by atoms with van der Waals surface area (Å²) in [5.41, 5.74) is 7.20. The molecule has 1 heterocycles. The molecule has 1 aliphatic rings. The minimum atomic E-state index is -0.476. The molecular formula is C11H15N3O. The van der Waals surface area contributed by atoms with Gasteiger partial charge in [0.1, 0.15) is 0 Å². The molecule has 4 N–H and O–H groups in total. The van der Waals surface area contributed by atoms with E-state index in [1.165, 1.54) is 5.01 Å². The number of rotatable bonds is 2. The maximum absolute atomic E-state index is 11.3. The topological polar surface area (TPSA) is 72.4 Å². The van der Waals surface area contributed by atoms with Gasteiger partial charge >= 0.3 is 0 Å². The first-order chi connectivity index (χ1) is 7.07. The molecule has 0 atom stereocenters. The Morgan fingerprint density at radius 3 is 2.60 bits per heavy atom. The van der Waals surface area contributed by atoms with Gasteiger partial charge in [-0.1, -0.05) is 12.2 Å². The normalized spacial score (nSPS) is 19.4. The number of hydrogen-bond donors (Lipinski definition) is 2. The van der Waals surface area contributed by atoms with Crippen LogP contribution < -0.4 is 11.6 Å². The highest BCUT2D eigenvalue weighted by molar-refractivity contribution is 5.97. The van der Waals surface area contributed by atoms with Gasteiger partial charge in [0.05, 0.1) is 11.3 Å². The van der Waals surface area contributed by atoms with Crippen molar-refractivity contribution in [1.82, 2.24) is 5.01 Å². The lowest BCUT2D eigenvalue weighted by Gasteiger charge is -2.20. The Morgan fingerprint density at radius 1 is 1.47 bits per heavy atom. The molecule has 0 radical (unpaired) electrons. The van der Waals surface area contributed by atoms with Gasteiger partial charge < -0.3 is 5.73 Å². The first-order valence-corrected chi connectivity index (χ1v) is 4.64. The van der Waals surface area contributed by atoms with E-state index in [9.17, 15) is 4.79 Å². The highest BCUT2D eigenvalue weighted by Gasteiger charge is 2.15. The van der Waals surface area contributed by atoms with Gasteiger partial charge in [0.25, 0.3) is 5.91 Å². The van der Waals surface area contributed by atoms with Crippen molar-refractivity contribution < 1.29 is 4.79 Å². The second kappa shape index (κ2) is 4.61. The quantitative estimate of drug-likeness (QED) is 0.520. The summed E-state index contributed by atoms with van der Waals surface area (Å²) < 4.78 is 0. The van der Waals surface area contributed by atoms with Crippen molar-refractivity contribution in [3.63, 3.8) is 0 Å². The first kappa shape index (κ1) is 11.3. The molecule has 0 fully saturated rings. The second-order valence-electron chi connectivity index (χ2n) is 3.20. The molecule has 0 aromatic carbocycles. The van der Waals surface area contributed by atoms with E-state index < -0.39 is 5.91 Å². The molecule has 0 saturated carbocycles. The lowest BCUT2D eigenvalue weighted by Crippen LogP contribution is -2.29. The van der Waals surface area contributed by atoms with Gasteiger partial charge in [0.2, 0.25) is 0 Å². The number of primary amides is 1. The zero-order chi connectivity index (χ0) is 11.4. The van der Waals surface area contributed by atoms with Crippen LogP contribution in [-0.4, -0.2) is 10.9 Å². The SMILES string of the molecule is C/C=C(C)\C(C(N)=O)=C1\C=CC=CN1N. The molecule has 80 valence electrons. The molecular weight excluding hydrogens is 190 g/mol. The van der Waals surface area contributed by atoms with Crippen LogP contribution in [0.25, 0.3) is 0 Å². The summed E-state index contributed by atoms with van der Waals surface area (Å²) in [5, 5.41) is 1.38. The number of hydrogen-bond acceptors (Lipinski definition) is 3. The minimum absolute atomic E-state index is 0.445. The molecule has 0 aromatic heterocycles. The van der Waals surface area contributed by atoms with Crippen molar-refractivity contribution in [2.24, 2.45) is 11.6 Å². The maximum atomic E-state index is 11.3. The molecule has 0 spiro atoms. The lowest BCUT2D eigenvalue weighted by molar-refractivity contribution is -0.114. The summed E-state index contributed by atoms with van der Waals surface area (Å²) >= 11 is 0. The fraction of sp³-hybridized carbons (Fsp3) is 0.182. The maximum Gasteiger partial charge on any atom is 0.251 e. The third-order valence-corrected chi connectivity index (χ3v) is 2.22. The monoisotopic (exact) mass is 205 g/mol. The van der Waals surface area contributed by atoms with E-state index in [0.29, 0.717) is 11.3 Å². The third-order valence-electron chi connectivity index (χ3n) is 2.22. The number of amides is 1. The van der Waals surface area contributed by atoms with Gasteiger partial charge in [-0.15, -0.1) is 0 Å². The van der Waals surface area contributed by atoms with Crippen molar-refractivity contribution in [1.29, 1.82) is 0 Å². The first-order valence-electron chi connectivity index (χ1n) is 4.64. The van der Waals surface area contributed by atoms with Crippen LogP contribution in [0, 0.1) is 0 Å². The molecule has 0 aromatic rings. The van der Waals surface area contributed by atoms with Crippen LogP contribution in [0.5, 0.6) is 0 Å². The van der Waals surface area contributed by atoms with Crippen LogP contribution in [0.3, 0.4) is 0 Å². The fourth-order valence-corrected chi connectivity index (χ4v) is 1.33. The standard InChI is InChI=1S/C11H15N3O/c1-3-8(2)10(11(12)15)9-6-4-5-7-14(9)13/h3-7H,13H2,1-2H3,(H2,12,15)/b8-3-,10-9+. The average Bonchev–Trinajstić information content (AvgIpc) is 2.20. The predicted molar refractivity (Wildman–Crippen MR) is 60.0 cm³/mol. The molecule has 4 nitrogen and oxygen atoms in total. The summed E-state index contributed by atoms with van der Waals surface area (Å²) in [6.45, 7) is 3.68. The molecule has 0 unspecified atom stereocenters. The predicted octanol–water partition coefficient (Wildman–Crippen LogP) is 0.951. The fourth-order valence-electron chi connectivity index (χ4n) is 1.33. The summed E-state index contributed by atoms with van der Waals surface area (Å²) in [6, 6.07) is 0. The molecule has 15 heavy (non-hydrogen) atoms. The summed E-state index contributed by atoms with van der Waals surface area (Å²) in [6.07, 6.45) is 8.85. The molecule has 1 amide bonds. The van der Waals surface area contributed by atoms with Crippen LogP contribution >= 0.6 is 0 Å². The average molecular weight is 205 g/mol. The summed E-state index contributed by atoms with van der Waals surface area (Å²) in [7, 11) is 0. The van der Waals surface area contributed by atoms with Gasteiger partial charge in [-0.3, -0.25) is 9.80 Å². The Bertz CT molecular complexity index is 389. The summed E-state index contributed by atoms with van der Waals surface area (Å²) in [4.78, 5) is 11.3. The Kier molecular flexibility index (Phi) is 3.46. The lowest BCUT2D eigenvalue weighted by atomic mass is 10.0. The van der Waals surface area contributed by atoms with Crippen LogP contribution in [0.4, 0.5) is 0 Å². The largest absolute Gasteiger partial charge is 0.366 e. The van der Waals surface area contributed by atoms with E-state index in [0.717, 1.165) is 5.57 Å². The number of allylic oxidation sites excluding steroid dienone is 4. The van der Waals surface area contributed by atoms with Crippen LogP contribution in [-0.2, 0) is 4.79 Å². The van der Waals surface area contributed by atoms with E-state index >= 15 is 0 Å². The zero-order valence-electron chi connectivity index (χ0n) is 8.90. The van der Waals surface area contributed by atoms with Crippen molar-refractivity contribution in [3.8, 4) is 0 Å². The highest BCUT2D eigenvalue weighted by atomic mass is 16.1. The Labute approximate surface area is 89.2 Å². The van der Waals surface area contributed by atoms with E-state index in [-0.39, 0.29) is 0 Å². The van der Waals surface area contributed by atoms with Crippen LogP contribution in [0.2, 0.25) is 0 Å². The van der Waals surface area contributed by atoms with Crippen molar-refractivity contribution >= 4 is 5.91 Å². The smallest absolute Gasteiger partial charge is 0.251 e. The molecule has 0 bridgehead atoms.